The molecule has 0 N–H and O–H groups in total. The van der Waals surface area contributed by atoms with Crippen LogP contribution in [0.15, 0.2) is 9.85 Å². The molecule has 6 heteroatoms. The lowest BCUT2D eigenvalue weighted by Gasteiger charge is -2.13. The van der Waals surface area contributed by atoms with E-state index in [1.807, 2.05) is 12.3 Å². The third kappa shape index (κ3) is 3.05. The van der Waals surface area contributed by atoms with Crippen molar-refractivity contribution < 1.29 is 0 Å². The number of hydrogen-bond acceptors (Lipinski definition) is 4. The first kappa shape index (κ1) is 14.4. The van der Waals surface area contributed by atoms with Gasteiger partial charge >= 0.3 is 0 Å². The number of aromatic nitrogens is 3. The zero-order valence-corrected chi connectivity index (χ0v) is 14.4. The molecule has 0 unspecified atom stereocenters. The molecular weight excluding hydrogens is 358 g/mol. The van der Waals surface area contributed by atoms with Crippen LogP contribution < -0.4 is 0 Å². The zero-order valence-electron chi connectivity index (χ0n) is 11.2. The van der Waals surface area contributed by atoms with Gasteiger partial charge in [-0.25, -0.2) is 15.0 Å². The minimum absolute atomic E-state index is 0.515. The minimum Gasteiger partial charge on any atom is -0.246 e. The van der Waals surface area contributed by atoms with Crippen LogP contribution in [0.2, 0.25) is 5.15 Å². The average molecular weight is 373 g/mol. The summed E-state index contributed by atoms with van der Waals surface area (Å²) in [6, 6.07) is 0. The van der Waals surface area contributed by atoms with Gasteiger partial charge < -0.3 is 0 Å². The summed E-state index contributed by atoms with van der Waals surface area (Å²) in [6.45, 7) is 2.00. The molecule has 20 heavy (non-hydrogen) atoms. The highest BCUT2D eigenvalue weighted by Gasteiger charge is 2.23. The Kier molecular flexibility index (Phi) is 4.38. The third-order valence-electron chi connectivity index (χ3n) is 3.60. The Labute approximate surface area is 136 Å². The highest BCUT2D eigenvalue weighted by Crippen LogP contribution is 2.38. The molecule has 0 amide bonds. The Balaban J connectivity index is 1.91. The Bertz CT molecular complexity index is 623. The van der Waals surface area contributed by atoms with Crippen molar-refractivity contribution in [3.8, 4) is 0 Å². The number of halogens is 2. The minimum atomic E-state index is 0.515. The molecule has 3 rings (SSSR count). The number of hydrogen-bond donors (Lipinski definition) is 0. The molecule has 0 bridgehead atoms. The standard InChI is InChI=1S/C14H15BrClN3S/c1-8-7-20-11(17-8)6-10-18-13(9-4-2-3-5-9)12(15)14(16)19-10/h7,9H,2-6H2,1H3. The molecule has 2 heterocycles. The fraction of sp³-hybridized carbons (Fsp3) is 0.500. The van der Waals surface area contributed by atoms with E-state index in [-0.39, 0.29) is 0 Å². The highest BCUT2D eigenvalue weighted by molar-refractivity contribution is 9.10. The highest BCUT2D eigenvalue weighted by atomic mass is 79.9. The Morgan fingerprint density at radius 3 is 2.70 bits per heavy atom. The van der Waals surface area contributed by atoms with Crippen LogP contribution in [0.4, 0.5) is 0 Å². The van der Waals surface area contributed by atoms with Crippen molar-refractivity contribution in [3.05, 3.63) is 37.2 Å². The Hall–Kier alpha value is -0.520. The van der Waals surface area contributed by atoms with Crippen LogP contribution in [-0.4, -0.2) is 15.0 Å². The van der Waals surface area contributed by atoms with Crippen molar-refractivity contribution in [2.45, 2.75) is 44.9 Å². The topological polar surface area (TPSA) is 38.7 Å². The molecule has 2 aromatic heterocycles. The van der Waals surface area contributed by atoms with Crippen molar-refractivity contribution in [2.75, 3.05) is 0 Å². The molecule has 0 saturated heterocycles. The molecule has 1 saturated carbocycles. The largest absolute Gasteiger partial charge is 0.246 e. The molecule has 2 aromatic rings. The lowest BCUT2D eigenvalue weighted by Crippen LogP contribution is -2.05. The van der Waals surface area contributed by atoms with Crippen LogP contribution in [0.1, 0.15) is 53.8 Å². The van der Waals surface area contributed by atoms with Gasteiger partial charge in [0.1, 0.15) is 16.0 Å². The first-order chi connectivity index (χ1) is 9.63. The lowest BCUT2D eigenvalue weighted by atomic mass is 10.0. The van der Waals surface area contributed by atoms with Gasteiger partial charge in [-0.15, -0.1) is 11.3 Å². The summed E-state index contributed by atoms with van der Waals surface area (Å²) in [7, 11) is 0. The first-order valence-corrected chi connectivity index (χ1v) is 8.81. The van der Waals surface area contributed by atoms with Gasteiger partial charge in [0.15, 0.2) is 0 Å². The lowest BCUT2D eigenvalue weighted by molar-refractivity contribution is 0.681. The SMILES string of the molecule is Cc1csc(Cc2nc(Cl)c(Br)c(C3CCCC3)n2)n1. The summed E-state index contributed by atoms with van der Waals surface area (Å²) in [5.74, 6) is 1.29. The molecule has 0 radical (unpaired) electrons. The number of nitrogens with zero attached hydrogens (tertiary/aromatic N) is 3. The number of thiazole rings is 1. The van der Waals surface area contributed by atoms with Gasteiger partial charge in [-0.05, 0) is 35.7 Å². The van der Waals surface area contributed by atoms with Crippen LogP contribution in [0.5, 0.6) is 0 Å². The smallest absolute Gasteiger partial charge is 0.147 e. The van der Waals surface area contributed by atoms with Crippen molar-refractivity contribution in [1.29, 1.82) is 0 Å². The van der Waals surface area contributed by atoms with E-state index in [9.17, 15) is 0 Å². The molecule has 1 aliphatic rings. The van der Waals surface area contributed by atoms with Crippen LogP contribution in [-0.2, 0) is 6.42 Å². The van der Waals surface area contributed by atoms with E-state index in [2.05, 4.69) is 25.9 Å². The molecule has 0 aromatic carbocycles. The quantitative estimate of drug-likeness (QED) is 0.719. The number of rotatable bonds is 3. The molecular formula is C14H15BrClN3S. The molecule has 0 aliphatic heterocycles. The molecule has 3 nitrogen and oxygen atoms in total. The maximum Gasteiger partial charge on any atom is 0.147 e. The van der Waals surface area contributed by atoms with Crippen molar-refractivity contribution in [2.24, 2.45) is 0 Å². The van der Waals surface area contributed by atoms with E-state index < -0.39 is 0 Å². The van der Waals surface area contributed by atoms with Gasteiger partial charge in [0.05, 0.1) is 16.6 Å². The van der Waals surface area contributed by atoms with Crippen LogP contribution >= 0.6 is 38.9 Å². The summed E-state index contributed by atoms with van der Waals surface area (Å²) in [6.07, 6.45) is 5.61. The fourth-order valence-electron chi connectivity index (χ4n) is 2.65. The van der Waals surface area contributed by atoms with Gasteiger partial charge in [0.2, 0.25) is 0 Å². The second-order valence-corrected chi connectivity index (χ2v) is 7.26. The van der Waals surface area contributed by atoms with Crippen molar-refractivity contribution in [1.82, 2.24) is 15.0 Å². The monoisotopic (exact) mass is 371 g/mol. The molecule has 1 aliphatic carbocycles. The summed E-state index contributed by atoms with van der Waals surface area (Å²) in [5, 5.41) is 3.61. The van der Waals surface area contributed by atoms with Crippen LogP contribution in [0.3, 0.4) is 0 Å². The van der Waals surface area contributed by atoms with E-state index in [0.717, 1.165) is 26.7 Å². The van der Waals surface area contributed by atoms with E-state index >= 15 is 0 Å². The van der Waals surface area contributed by atoms with Gasteiger partial charge in [-0.2, -0.15) is 0 Å². The zero-order chi connectivity index (χ0) is 14.1. The van der Waals surface area contributed by atoms with E-state index in [0.29, 0.717) is 17.5 Å². The van der Waals surface area contributed by atoms with E-state index in [4.69, 9.17) is 16.6 Å². The molecule has 106 valence electrons. The molecule has 0 atom stereocenters. The molecule has 0 spiro atoms. The fourth-order valence-corrected chi connectivity index (χ4v) is 4.11. The maximum atomic E-state index is 6.25. The normalized spacial score (nSPS) is 15.9. The van der Waals surface area contributed by atoms with Gasteiger partial charge in [-0.1, -0.05) is 24.4 Å². The van der Waals surface area contributed by atoms with E-state index in [1.165, 1.54) is 25.7 Å². The predicted molar refractivity (Wildman–Crippen MR) is 85.6 cm³/mol. The van der Waals surface area contributed by atoms with Crippen LogP contribution in [0, 0.1) is 6.92 Å². The van der Waals surface area contributed by atoms with Crippen LogP contribution in [0.25, 0.3) is 0 Å². The summed E-state index contributed by atoms with van der Waals surface area (Å²) >= 11 is 11.4. The second kappa shape index (κ2) is 6.08. The second-order valence-electron chi connectivity index (χ2n) is 5.17. The number of aryl methyl sites for hydroxylation is 1. The average Bonchev–Trinajstić information content (AvgIpc) is 3.05. The van der Waals surface area contributed by atoms with E-state index in [1.54, 1.807) is 11.3 Å². The van der Waals surface area contributed by atoms with Gasteiger partial charge in [-0.3, -0.25) is 0 Å². The maximum absolute atomic E-state index is 6.25. The molecule has 1 fully saturated rings. The van der Waals surface area contributed by atoms with Gasteiger partial charge in [0.25, 0.3) is 0 Å². The summed E-state index contributed by atoms with van der Waals surface area (Å²) in [5.41, 5.74) is 2.12. The Morgan fingerprint density at radius 1 is 1.30 bits per heavy atom. The van der Waals surface area contributed by atoms with Crippen molar-refractivity contribution >= 4 is 38.9 Å². The summed E-state index contributed by atoms with van der Waals surface area (Å²) < 4.78 is 0.866. The predicted octanol–water partition coefficient (Wildman–Crippen LogP) is 4.91. The van der Waals surface area contributed by atoms with Crippen molar-refractivity contribution in [3.63, 3.8) is 0 Å². The first-order valence-electron chi connectivity index (χ1n) is 6.76. The Morgan fingerprint density at radius 2 is 2.05 bits per heavy atom. The third-order valence-corrected chi connectivity index (χ3v) is 5.85. The summed E-state index contributed by atoms with van der Waals surface area (Å²) in [4.78, 5) is 13.6. The van der Waals surface area contributed by atoms with Gasteiger partial charge in [0, 0.05) is 17.0 Å².